The molecule has 7 nitrogen and oxygen atoms in total. The van der Waals surface area contributed by atoms with Crippen LogP contribution in [0.2, 0.25) is 0 Å². The highest BCUT2D eigenvalue weighted by Gasteiger charge is 2.41. The summed E-state index contributed by atoms with van der Waals surface area (Å²) in [7, 11) is -3.79. The van der Waals surface area contributed by atoms with Gasteiger partial charge in [0.15, 0.2) is 0 Å². The van der Waals surface area contributed by atoms with Gasteiger partial charge in [-0.05, 0) is 26.7 Å². The van der Waals surface area contributed by atoms with E-state index >= 15 is 0 Å². The van der Waals surface area contributed by atoms with Crippen molar-refractivity contribution < 1.29 is 18.3 Å². The smallest absolute Gasteiger partial charge is 0.322 e. The molecule has 0 bridgehead atoms. The molecule has 2 heterocycles. The first-order valence-corrected chi connectivity index (χ1v) is 7.06. The number of hydrogen-bond donors (Lipinski definition) is 2. The van der Waals surface area contributed by atoms with Gasteiger partial charge in [0.2, 0.25) is 10.0 Å². The van der Waals surface area contributed by atoms with Crippen LogP contribution < -0.4 is 0 Å². The number of nitrogens with zero attached hydrogens (tertiary/aromatic N) is 2. The Bertz CT molecular complexity index is 558. The highest BCUT2D eigenvalue weighted by molar-refractivity contribution is 7.89. The molecule has 0 aliphatic carbocycles. The van der Waals surface area contributed by atoms with Crippen LogP contribution in [0.4, 0.5) is 0 Å². The second-order valence-electron chi connectivity index (χ2n) is 4.38. The van der Waals surface area contributed by atoms with E-state index in [1.54, 1.807) is 13.8 Å². The molecular formula is C10H15N3O4S. The number of carboxylic acids is 1. The first-order chi connectivity index (χ1) is 8.35. The highest BCUT2D eigenvalue weighted by Crippen LogP contribution is 2.28. The number of rotatable bonds is 3. The lowest BCUT2D eigenvalue weighted by Crippen LogP contribution is -2.40. The van der Waals surface area contributed by atoms with Crippen molar-refractivity contribution in [3.05, 3.63) is 11.4 Å². The minimum Gasteiger partial charge on any atom is -0.480 e. The van der Waals surface area contributed by atoms with E-state index in [2.05, 4.69) is 10.2 Å². The average molecular weight is 273 g/mol. The number of hydrogen-bond acceptors (Lipinski definition) is 4. The second kappa shape index (κ2) is 4.36. The van der Waals surface area contributed by atoms with Gasteiger partial charge in [0, 0.05) is 6.54 Å². The molecule has 1 saturated heterocycles. The number of aliphatic carboxylic acids is 1. The second-order valence-corrected chi connectivity index (χ2v) is 6.20. The van der Waals surface area contributed by atoms with Crippen LogP contribution in [0.5, 0.6) is 0 Å². The summed E-state index contributed by atoms with van der Waals surface area (Å²) in [6.45, 7) is 3.43. The lowest BCUT2D eigenvalue weighted by Gasteiger charge is -2.20. The fourth-order valence-electron chi connectivity index (χ4n) is 2.31. The van der Waals surface area contributed by atoms with Crippen LogP contribution in [0, 0.1) is 13.8 Å². The van der Waals surface area contributed by atoms with Crippen LogP contribution in [0.3, 0.4) is 0 Å². The number of H-pyrrole nitrogens is 1. The molecule has 0 radical (unpaired) electrons. The molecule has 1 atom stereocenters. The number of carbonyl (C=O) groups is 1. The van der Waals surface area contributed by atoms with Crippen LogP contribution >= 0.6 is 0 Å². The number of aromatic amines is 1. The average Bonchev–Trinajstić information content (AvgIpc) is 2.85. The van der Waals surface area contributed by atoms with Crippen LogP contribution in [-0.4, -0.2) is 46.6 Å². The maximum atomic E-state index is 12.5. The summed E-state index contributed by atoms with van der Waals surface area (Å²) >= 11 is 0. The van der Waals surface area contributed by atoms with E-state index in [0.29, 0.717) is 24.2 Å². The highest BCUT2D eigenvalue weighted by atomic mass is 32.2. The quantitative estimate of drug-likeness (QED) is 0.822. The molecule has 1 aliphatic rings. The monoisotopic (exact) mass is 273 g/mol. The fraction of sp³-hybridized carbons (Fsp3) is 0.600. The Hall–Kier alpha value is -1.41. The Morgan fingerprint density at radius 2 is 2.17 bits per heavy atom. The zero-order valence-electron chi connectivity index (χ0n) is 10.2. The molecule has 8 heteroatoms. The van der Waals surface area contributed by atoms with Gasteiger partial charge in [0.25, 0.3) is 0 Å². The molecule has 18 heavy (non-hydrogen) atoms. The van der Waals surface area contributed by atoms with E-state index in [9.17, 15) is 13.2 Å². The predicted molar refractivity (Wildman–Crippen MR) is 62.6 cm³/mol. The van der Waals surface area contributed by atoms with Gasteiger partial charge in [0.1, 0.15) is 10.9 Å². The summed E-state index contributed by atoms with van der Waals surface area (Å²) in [6.07, 6.45) is 0.913. The first kappa shape index (κ1) is 13.0. The molecule has 2 N–H and O–H groups in total. The Labute approximate surface area is 105 Å². The number of nitrogens with one attached hydrogen (secondary N) is 1. The van der Waals surface area contributed by atoms with Crippen molar-refractivity contribution in [2.75, 3.05) is 6.54 Å². The van der Waals surface area contributed by atoms with E-state index in [1.165, 1.54) is 0 Å². The number of aryl methyl sites for hydroxylation is 2. The van der Waals surface area contributed by atoms with E-state index < -0.39 is 22.0 Å². The Balaban J connectivity index is 2.46. The standard InChI is InChI=1S/C10H15N3O4S/c1-6-9(7(2)12-11-6)18(16,17)13-5-3-4-8(13)10(14)15/h8H,3-5H2,1-2H3,(H,11,12)(H,14,15)/t8-/m1/s1. The Morgan fingerprint density at radius 1 is 1.50 bits per heavy atom. The van der Waals surface area contributed by atoms with E-state index in [1.807, 2.05) is 0 Å². The maximum absolute atomic E-state index is 12.5. The van der Waals surface area contributed by atoms with Crippen molar-refractivity contribution in [1.29, 1.82) is 0 Å². The van der Waals surface area contributed by atoms with E-state index in [0.717, 1.165) is 4.31 Å². The summed E-state index contributed by atoms with van der Waals surface area (Å²) in [4.78, 5) is 11.2. The topological polar surface area (TPSA) is 103 Å². The van der Waals surface area contributed by atoms with Gasteiger partial charge in [-0.15, -0.1) is 0 Å². The van der Waals surface area contributed by atoms with E-state index in [-0.39, 0.29) is 11.4 Å². The molecule has 0 amide bonds. The van der Waals surface area contributed by atoms with Crippen molar-refractivity contribution in [2.24, 2.45) is 0 Å². The zero-order chi connectivity index (χ0) is 13.5. The van der Waals surface area contributed by atoms with Gasteiger partial charge in [-0.25, -0.2) is 8.42 Å². The normalized spacial score (nSPS) is 21.3. The van der Waals surface area contributed by atoms with Crippen molar-refractivity contribution in [3.8, 4) is 0 Å². The molecular weight excluding hydrogens is 258 g/mol. The van der Waals surface area contributed by atoms with Crippen LogP contribution in [-0.2, 0) is 14.8 Å². The predicted octanol–water partition coefficient (Wildman–Crippen LogP) is 0.264. The van der Waals surface area contributed by atoms with Gasteiger partial charge in [-0.1, -0.05) is 0 Å². The van der Waals surface area contributed by atoms with Crippen molar-refractivity contribution >= 4 is 16.0 Å². The largest absolute Gasteiger partial charge is 0.480 e. The Kier molecular flexibility index (Phi) is 3.16. The van der Waals surface area contributed by atoms with Crippen molar-refractivity contribution in [2.45, 2.75) is 37.6 Å². The van der Waals surface area contributed by atoms with Gasteiger partial charge in [-0.2, -0.15) is 9.40 Å². The van der Waals surface area contributed by atoms with Gasteiger partial charge < -0.3 is 5.11 Å². The van der Waals surface area contributed by atoms with Crippen LogP contribution in [0.15, 0.2) is 4.90 Å². The number of aromatic nitrogens is 2. The summed E-state index contributed by atoms with van der Waals surface area (Å²) in [5.41, 5.74) is 0.798. The van der Waals surface area contributed by atoms with Gasteiger partial charge in [0.05, 0.1) is 11.4 Å². The van der Waals surface area contributed by atoms with Gasteiger partial charge in [-0.3, -0.25) is 9.89 Å². The number of sulfonamides is 1. The van der Waals surface area contributed by atoms with Crippen LogP contribution in [0.1, 0.15) is 24.2 Å². The molecule has 1 aromatic rings. The summed E-state index contributed by atoms with van der Waals surface area (Å²) in [6, 6.07) is -0.969. The lowest BCUT2D eigenvalue weighted by atomic mass is 10.2. The van der Waals surface area contributed by atoms with Gasteiger partial charge >= 0.3 is 5.97 Å². The van der Waals surface area contributed by atoms with Crippen LogP contribution in [0.25, 0.3) is 0 Å². The molecule has 1 aliphatic heterocycles. The third kappa shape index (κ3) is 1.91. The minimum atomic E-state index is -3.79. The molecule has 1 aromatic heterocycles. The fourth-order valence-corrected chi connectivity index (χ4v) is 4.30. The molecule has 100 valence electrons. The summed E-state index contributed by atoms with van der Waals surface area (Å²) in [5.74, 6) is -1.10. The van der Waals surface area contributed by atoms with Crippen molar-refractivity contribution in [3.63, 3.8) is 0 Å². The lowest BCUT2D eigenvalue weighted by molar-refractivity contribution is -0.140. The SMILES string of the molecule is Cc1n[nH]c(C)c1S(=O)(=O)N1CCC[C@@H]1C(=O)O. The minimum absolute atomic E-state index is 0.0932. The van der Waals surface area contributed by atoms with Crippen molar-refractivity contribution in [1.82, 2.24) is 14.5 Å². The summed E-state index contributed by atoms with van der Waals surface area (Å²) in [5, 5.41) is 15.5. The summed E-state index contributed by atoms with van der Waals surface area (Å²) < 4.78 is 26.0. The molecule has 1 fully saturated rings. The third-order valence-electron chi connectivity index (χ3n) is 3.12. The first-order valence-electron chi connectivity index (χ1n) is 5.62. The maximum Gasteiger partial charge on any atom is 0.322 e. The third-order valence-corrected chi connectivity index (χ3v) is 5.29. The molecule has 2 rings (SSSR count). The molecule has 0 spiro atoms. The Morgan fingerprint density at radius 3 is 2.67 bits per heavy atom. The molecule has 0 unspecified atom stereocenters. The number of carboxylic acid groups (broad SMARTS) is 1. The van der Waals surface area contributed by atoms with E-state index in [4.69, 9.17) is 5.11 Å². The molecule has 0 saturated carbocycles. The zero-order valence-corrected chi connectivity index (χ0v) is 11.0. The molecule has 0 aromatic carbocycles.